The molecule has 0 saturated heterocycles. The van der Waals surface area contributed by atoms with Crippen LogP contribution < -0.4 is 4.74 Å². The highest BCUT2D eigenvalue weighted by Gasteiger charge is 2.02. The van der Waals surface area contributed by atoms with Gasteiger partial charge >= 0.3 is 0 Å². The third kappa shape index (κ3) is 13.1. The van der Waals surface area contributed by atoms with Gasteiger partial charge in [0.05, 0.1) is 13.2 Å². The number of benzene rings is 2. The summed E-state index contributed by atoms with van der Waals surface area (Å²) in [6.45, 7) is 11.5. The van der Waals surface area contributed by atoms with Crippen LogP contribution in [0.4, 0.5) is 0 Å². The van der Waals surface area contributed by atoms with Gasteiger partial charge in [-0.25, -0.2) is 0 Å². The van der Waals surface area contributed by atoms with Gasteiger partial charge < -0.3 is 24.4 Å². The molecule has 0 unspecified atom stereocenters. The quantitative estimate of drug-likeness (QED) is 0.470. The summed E-state index contributed by atoms with van der Waals surface area (Å²) in [6.07, 6.45) is 0.824. The van der Waals surface area contributed by atoms with Gasteiger partial charge in [-0.2, -0.15) is 0 Å². The van der Waals surface area contributed by atoms with Gasteiger partial charge in [0.1, 0.15) is 18.6 Å². The Labute approximate surface area is 180 Å². The average Bonchev–Trinajstić information content (AvgIpc) is 2.73. The van der Waals surface area contributed by atoms with Crippen LogP contribution in [0.25, 0.3) is 0 Å². The first-order valence-corrected chi connectivity index (χ1v) is 10.1. The molecule has 2 aromatic carbocycles. The maximum absolute atomic E-state index is 10.9. The highest BCUT2D eigenvalue weighted by molar-refractivity contribution is 5.77. The lowest BCUT2D eigenvalue weighted by Gasteiger charge is -2.09. The molecular weight excluding hydrogens is 384 g/mol. The number of aryl methyl sites for hydroxylation is 2. The predicted octanol–water partition coefficient (Wildman–Crippen LogP) is 4.07. The van der Waals surface area contributed by atoms with Crippen molar-refractivity contribution in [2.75, 3.05) is 26.4 Å². The Bertz CT molecular complexity index is 674. The zero-order valence-electron chi connectivity index (χ0n) is 18.8. The minimum atomic E-state index is -0.125. The Hall–Kier alpha value is -2.25. The van der Waals surface area contributed by atoms with Crippen molar-refractivity contribution in [3.63, 3.8) is 0 Å². The third-order valence-corrected chi connectivity index (χ3v) is 3.67. The van der Waals surface area contributed by atoms with Gasteiger partial charge in [-0.3, -0.25) is 4.79 Å². The van der Waals surface area contributed by atoms with Crippen LogP contribution in [0.2, 0.25) is 0 Å². The molecule has 6 nitrogen and oxygen atoms in total. The molecule has 0 fully saturated rings. The minimum absolute atomic E-state index is 0.0370. The second-order valence-corrected chi connectivity index (χ2v) is 6.35. The van der Waals surface area contributed by atoms with E-state index < -0.39 is 0 Å². The standard InChI is InChI=1S/C16H16O2.C6H14O2.C2H6O2/c1-12-7-13(2)9-16(8-12)18-11-15-6-4-3-5-14(15)10-17;1-4-7-6(3)8-5-2;3-1-2-4/h3-10H,11H2,1-2H3;6H,4-5H2,1-3H3;3-4H,1-2H2. The first-order chi connectivity index (χ1) is 14.4. The topological polar surface area (TPSA) is 85.2 Å². The van der Waals surface area contributed by atoms with Crippen LogP contribution in [0.15, 0.2) is 42.5 Å². The van der Waals surface area contributed by atoms with E-state index >= 15 is 0 Å². The molecule has 0 radical (unpaired) electrons. The first kappa shape index (κ1) is 27.8. The fourth-order valence-electron chi connectivity index (χ4n) is 2.48. The molecule has 0 aliphatic rings. The minimum Gasteiger partial charge on any atom is -0.489 e. The van der Waals surface area contributed by atoms with Gasteiger partial charge in [-0.1, -0.05) is 30.3 Å². The second-order valence-electron chi connectivity index (χ2n) is 6.35. The van der Waals surface area contributed by atoms with E-state index in [1.807, 2.05) is 65.0 Å². The van der Waals surface area contributed by atoms with Crippen LogP contribution in [0.1, 0.15) is 47.8 Å². The second kappa shape index (κ2) is 17.6. The van der Waals surface area contributed by atoms with E-state index in [0.717, 1.165) is 30.8 Å². The van der Waals surface area contributed by atoms with E-state index in [4.69, 9.17) is 24.4 Å². The molecular formula is C24H36O6. The van der Waals surface area contributed by atoms with Gasteiger partial charge in [0.2, 0.25) is 0 Å². The summed E-state index contributed by atoms with van der Waals surface area (Å²) in [5.74, 6) is 0.841. The van der Waals surface area contributed by atoms with Crippen molar-refractivity contribution in [3.8, 4) is 5.75 Å². The molecule has 0 amide bonds. The zero-order chi connectivity index (χ0) is 22.8. The van der Waals surface area contributed by atoms with Crippen molar-refractivity contribution in [1.82, 2.24) is 0 Å². The summed E-state index contributed by atoms with van der Waals surface area (Å²) in [4.78, 5) is 10.9. The molecule has 2 rings (SSSR count). The first-order valence-electron chi connectivity index (χ1n) is 10.1. The maximum atomic E-state index is 10.9. The largest absolute Gasteiger partial charge is 0.489 e. The lowest BCUT2D eigenvalue weighted by atomic mass is 10.1. The molecule has 0 aromatic heterocycles. The molecule has 30 heavy (non-hydrogen) atoms. The summed E-state index contributed by atoms with van der Waals surface area (Å²) in [5, 5.41) is 15.2. The Morgan fingerprint density at radius 2 is 1.47 bits per heavy atom. The highest BCUT2D eigenvalue weighted by atomic mass is 16.7. The normalized spacial score (nSPS) is 9.87. The number of aliphatic hydroxyl groups excluding tert-OH is 2. The van der Waals surface area contributed by atoms with E-state index in [1.165, 1.54) is 11.1 Å². The number of rotatable bonds is 9. The van der Waals surface area contributed by atoms with E-state index in [-0.39, 0.29) is 19.5 Å². The van der Waals surface area contributed by atoms with E-state index in [0.29, 0.717) is 12.2 Å². The van der Waals surface area contributed by atoms with Crippen LogP contribution in [0.5, 0.6) is 5.75 Å². The van der Waals surface area contributed by atoms with Crippen molar-refractivity contribution in [3.05, 3.63) is 64.7 Å². The van der Waals surface area contributed by atoms with Crippen molar-refractivity contribution < 1.29 is 29.2 Å². The lowest BCUT2D eigenvalue weighted by molar-refractivity contribution is -0.123. The van der Waals surface area contributed by atoms with Crippen molar-refractivity contribution >= 4 is 6.29 Å². The molecule has 6 heteroatoms. The van der Waals surface area contributed by atoms with Crippen LogP contribution in [0.3, 0.4) is 0 Å². The van der Waals surface area contributed by atoms with Crippen LogP contribution in [-0.4, -0.2) is 49.2 Å². The molecule has 0 spiro atoms. The monoisotopic (exact) mass is 420 g/mol. The highest BCUT2D eigenvalue weighted by Crippen LogP contribution is 2.18. The summed E-state index contributed by atoms with van der Waals surface area (Å²) in [5.41, 5.74) is 3.94. The lowest BCUT2D eigenvalue weighted by Crippen LogP contribution is -2.11. The van der Waals surface area contributed by atoms with Gasteiger partial charge in [0, 0.05) is 18.8 Å². The Balaban J connectivity index is 0.000000585. The van der Waals surface area contributed by atoms with E-state index in [2.05, 4.69) is 6.07 Å². The van der Waals surface area contributed by atoms with Crippen molar-refractivity contribution in [2.45, 2.75) is 47.5 Å². The fraction of sp³-hybridized carbons (Fsp3) is 0.458. The molecule has 0 aliphatic carbocycles. The molecule has 168 valence electrons. The molecule has 0 heterocycles. The number of carbonyl (C=O) groups excluding carboxylic acids is 1. The summed E-state index contributed by atoms with van der Waals surface area (Å²) >= 11 is 0. The zero-order valence-corrected chi connectivity index (χ0v) is 18.8. The van der Waals surface area contributed by atoms with Gasteiger partial charge in [0.25, 0.3) is 0 Å². The average molecular weight is 421 g/mol. The molecule has 2 aromatic rings. The number of aldehydes is 1. The number of aliphatic hydroxyl groups is 2. The molecule has 0 atom stereocenters. The smallest absolute Gasteiger partial charge is 0.154 e. The Kier molecular flexibility index (Phi) is 16.3. The third-order valence-electron chi connectivity index (χ3n) is 3.67. The Morgan fingerprint density at radius 1 is 0.933 bits per heavy atom. The van der Waals surface area contributed by atoms with Crippen molar-refractivity contribution in [2.24, 2.45) is 0 Å². The predicted molar refractivity (Wildman–Crippen MR) is 119 cm³/mol. The summed E-state index contributed by atoms with van der Waals surface area (Å²) in [6, 6.07) is 13.6. The van der Waals surface area contributed by atoms with Crippen LogP contribution in [0, 0.1) is 13.8 Å². The summed E-state index contributed by atoms with van der Waals surface area (Å²) < 4.78 is 15.9. The Morgan fingerprint density at radius 3 is 1.93 bits per heavy atom. The molecule has 0 bridgehead atoms. The number of hydrogen-bond acceptors (Lipinski definition) is 6. The maximum Gasteiger partial charge on any atom is 0.154 e. The molecule has 0 aliphatic heterocycles. The molecule has 2 N–H and O–H groups in total. The van der Waals surface area contributed by atoms with Gasteiger partial charge in [-0.15, -0.1) is 0 Å². The van der Waals surface area contributed by atoms with Crippen LogP contribution >= 0.6 is 0 Å². The summed E-state index contributed by atoms with van der Waals surface area (Å²) in [7, 11) is 0. The van der Waals surface area contributed by atoms with Crippen molar-refractivity contribution in [1.29, 1.82) is 0 Å². The van der Waals surface area contributed by atoms with Gasteiger partial charge in [-0.05, 0) is 63.4 Å². The van der Waals surface area contributed by atoms with Gasteiger partial charge in [0.15, 0.2) is 6.29 Å². The fourth-order valence-corrected chi connectivity index (χ4v) is 2.48. The number of hydrogen-bond donors (Lipinski definition) is 2. The number of ether oxygens (including phenoxy) is 3. The molecule has 0 saturated carbocycles. The number of carbonyl (C=O) groups is 1. The SMILES string of the molecule is CCOC(C)OCC.Cc1cc(C)cc(OCc2ccccc2C=O)c1.OCCO. The van der Waals surface area contributed by atoms with E-state index in [9.17, 15) is 4.79 Å². The van der Waals surface area contributed by atoms with E-state index in [1.54, 1.807) is 6.07 Å². The van der Waals surface area contributed by atoms with Crippen LogP contribution in [-0.2, 0) is 16.1 Å².